The fourth-order valence-electron chi connectivity index (χ4n) is 2.17. The van der Waals surface area contributed by atoms with Crippen molar-refractivity contribution in [3.8, 4) is 0 Å². The number of anilines is 2. The van der Waals surface area contributed by atoms with Crippen molar-refractivity contribution in [2.75, 3.05) is 23.7 Å². The molecule has 0 radical (unpaired) electrons. The summed E-state index contributed by atoms with van der Waals surface area (Å²) in [6.45, 7) is 8.66. The summed E-state index contributed by atoms with van der Waals surface area (Å²) in [6.07, 6.45) is 2.99. The van der Waals surface area contributed by atoms with Crippen molar-refractivity contribution in [1.29, 1.82) is 0 Å². The third-order valence-electron chi connectivity index (χ3n) is 3.54. The maximum atomic E-state index is 6.16. The number of nitrogens with zero attached hydrogens (tertiary/aromatic N) is 2. The van der Waals surface area contributed by atoms with Crippen LogP contribution in [0.25, 0.3) is 10.9 Å². The van der Waals surface area contributed by atoms with Crippen LogP contribution in [-0.4, -0.2) is 23.3 Å². The highest BCUT2D eigenvalue weighted by atomic mass is 15.1. The summed E-state index contributed by atoms with van der Waals surface area (Å²) in [4.78, 5) is 2.34. The second-order valence-corrected chi connectivity index (χ2v) is 4.92. The number of hydrogen-bond acceptors (Lipinski definition) is 3. The van der Waals surface area contributed by atoms with Crippen LogP contribution >= 0.6 is 0 Å². The predicted molar refractivity (Wildman–Crippen MR) is 77.8 cm³/mol. The lowest BCUT2D eigenvalue weighted by Gasteiger charge is -2.27. The van der Waals surface area contributed by atoms with Gasteiger partial charge in [-0.1, -0.05) is 20.3 Å². The average Bonchev–Trinajstić information content (AvgIpc) is 2.81. The van der Waals surface area contributed by atoms with Gasteiger partial charge in [0.1, 0.15) is 0 Å². The quantitative estimate of drug-likeness (QED) is 0.797. The number of benzene rings is 1. The molecule has 0 aliphatic carbocycles. The molecule has 98 valence electrons. The van der Waals surface area contributed by atoms with Gasteiger partial charge in [0.25, 0.3) is 0 Å². The molecule has 1 unspecified atom stereocenters. The maximum Gasteiger partial charge on any atom is 0.0672 e. The van der Waals surface area contributed by atoms with E-state index in [1.807, 2.05) is 6.07 Å². The van der Waals surface area contributed by atoms with Gasteiger partial charge in [-0.2, -0.15) is 5.10 Å². The normalized spacial score (nSPS) is 12.8. The van der Waals surface area contributed by atoms with E-state index < -0.39 is 0 Å². The van der Waals surface area contributed by atoms with E-state index in [2.05, 4.69) is 41.9 Å². The Kier molecular flexibility index (Phi) is 3.75. The van der Waals surface area contributed by atoms with E-state index in [0.29, 0.717) is 5.92 Å². The van der Waals surface area contributed by atoms with Crippen LogP contribution in [-0.2, 0) is 0 Å². The smallest absolute Gasteiger partial charge is 0.0672 e. The first kappa shape index (κ1) is 12.7. The molecule has 0 spiro atoms. The number of aromatic amines is 1. The minimum absolute atomic E-state index is 0.668. The Hall–Kier alpha value is -1.71. The van der Waals surface area contributed by atoms with Gasteiger partial charge in [-0.15, -0.1) is 0 Å². The van der Waals surface area contributed by atoms with Gasteiger partial charge in [0.05, 0.1) is 23.1 Å². The summed E-state index contributed by atoms with van der Waals surface area (Å²) in [5, 5.41) is 8.11. The number of nitrogens with two attached hydrogens (primary N) is 1. The van der Waals surface area contributed by atoms with Crippen molar-refractivity contribution in [3.05, 3.63) is 18.3 Å². The van der Waals surface area contributed by atoms with Crippen molar-refractivity contribution in [2.45, 2.75) is 27.2 Å². The fourth-order valence-corrected chi connectivity index (χ4v) is 2.17. The Labute approximate surface area is 108 Å². The predicted octanol–water partition coefficient (Wildman–Crippen LogP) is 3.02. The van der Waals surface area contributed by atoms with Gasteiger partial charge in [-0.3, -0.25) is 5.10 Å². The first-order valence-electron chi connectivity index (χ1n) is 6.63. The second-order valence-electron chi connectivity index (χ2n) is 4.92. The van der Waals surface area contributed by atoms with E-state index in [9.17, 15) is 0 Å². The fraction of sp³-hybridized carbons (Fsp3) is 0.500. The highest BCUT2D eigenvalue weighted by molar-refractivity contribution is 5.88. The molecule has 4 nitrogen and oxygen atoms in total. The lowest BCUT2D eigenvalue weighted by Crippen LogP contribution is -2.28. The van der Waals surface area contributed by atoms with Crippen LogP contribution in [0.15, 0.2) is 18.3 Å². The molecule has 18 heavy (non-hydrogen) atoms. The van der Waals surface area contributed by atoms with Gasteiger partial charge in [0.2, 0.25) is 0 Å². The van der Waals surface area contributed by atoms with Crippen molar-refractivity contribution >= 4 is 22.3 Å². The van der Waals surface area contributed by atoms with E-state index in [4.69, 9.17) is 5.73 Å². The van der Waals surface area contributed by atoms with Gasteiger partial charge in [0, 0.05) is 18.5 Å². The summed E-state index contributed by atoms with van der Waals surface area (Å²) in [5.74, 6) is 0.668. The molecule has 0 saturated carbocycles. The van der Waals surface area contributed by atoms with Crippen LogP contribution in [0.5, 0.6) is 0 Å². The molecule has 3 N–H and O–H groups in total. The lowest BCUT2D eigenvalue weighted by atomic mass is 10.1. The standard InChI is InChI=1S/C14H22N4/c1-4-10(3)9-18(5-2)14-7-13-11(6-12(14)15)8-16-17-13/h6-8,10H,4-5,9,15H2,1-3H3,(H,16,17). The van der Waals surface area contributed by atoms with Gasteiger partial charge in [-0.25, -0.2) is 0 Å². The zero-order valence-corrected chi connectivity index (χ0v) is 11.4. The van der Waals surface area contributed by atoms with Gasteiger partial charge >= 0.3 is 0 Å². The monoisotopic (exact) mass is 246 g/mol. The second kappa shape index (κ2) is 5.29. The van der Waals surface area contributed by atoms with Crippen LogP contribution in [0.1, 0.15) is 27.2 Å². The molecule has 0 aliphatic heterocycles. The Morgan fingerprint density at radius 3 is 2.83 bits per heavy atom. The zero-order chi connectivity index (χ0) is 13.1. The zero-order valence-electron chi connectivity index (χ0n) is 11.4. The molecule has 0 fully saturated rings. The Balaban J connectivity index is 2.34. The van der Waals surface area contributed by atoms with Gasteiger partial charge < -0.3 is 10.6 Å². The SMILES string of the molecule is CCC(C)CN(CC)c1cc2[nH]ncc2cc1N. The molecule has 4 heteroatoms. The third-order valence-corrected chi connectivity index (χ3v) is 3.54. The minimum atomic E-state index is 0.668. The highest BCUT2D eigenvalue weighted by Crippen LogP contribution is 2.28. The summed E-state index contributed by atoms with van der Waals surface area (Å²) in [5.41, 5.74) is 9.13. The van der Waals surface area contributed by atoms with E-state index in [0.717, 1.165) is 35.4 Å². The molecule has 1 aromatic heterocycles. The Morgan fingerprint density at radius 1 is 1.39 bits per heavy atom. The number of fused-ring (bicyclic) bond motifs is 1. The molecule has 2 aromatic rings. The Morgan fingerprint density at radius 2 is 2.17 bits per heavy atom. The summed E-state index contributed by atoms with van der Waals surface area (Å²) < 4.78 is 0. The van der Waals surface area contributed by atoms with Crippen LogP contribution in [0, 0.1) is 5.92 Å². The summed E-state index contributed by atoms with van der Waals surface area (Å²) in [6, 6.07) is 4.09. The molecule has 0 saturated heterocycles. The number of rotatable bonds is 5. The highest BCUT2D eigenvalue weighted by Gasteiger charge is 2.12. The van der Waals surface area contributed by atoms with Gasteiger partial charge in [0.15, 0.2) is 0 Å². The van der Waals surface area contributed by atoms with Crippen LogP contribution in [0.2, 0.25) is 0 Å². The van der Waals surface area contributed by atoms with E-state index >= 15 is 0 Å². The Bertz CT molecular complexity index is 517. The first-order chi connectivity index (χ1) is 8.65. The molecule has 0 aliphatic rings. The topological polar surface area (TPSA) is 57.9 Å². The van der Waals surface area contributed by atoms with Crippen LogP contribution in [0.4, 0.5) is 11.4 Å². The van der Waals surface area contributed by atoms with E-state index in [-0.39, 0.29) is 0 Å². The molecule has 1 aromatic carbocycles. The van der Waals surface area contributed by atoms with Crippen LogP contribution < -0.4 is 10.6 Å². The average molecular weight is 246 g/mol. The molecule has 0 amide bonds. The number of nitrogen functional groups attached to an aromatic ring is 1. The molecular weight excluding hydrogens is 224 g/mol. The molecule has 1 heterocycles. The van der Waals surface area contributed by atoms with E-state index in [1.165, 1.54) is 6.42 Å². The molecule has 0 bridgehead atoms. The summed E-state index contributed by atoms with van der Waals surface area (Å²) >= 11 is 0. The maximum absolute atomic E-state index is 6.16. The van der Waals surface area contributed by atoms with Crippen LogP contribution in [0.3, 0.4) is 0 Å². The number of nitrogens with one attached hydrogen (secondary N) is 1. The molecule has 2 rings (SSSR count). The van der Waals surface area contributed by atoms with Crippen molar-refractivity contribution in [2.24, 2.45) is 5.92 Å². The minimum Gasteiger partial charge on any atom is -0.397 e. The van der Waals surface area contributed by atoms with Crippen molar-refractivity contribution in [3.63, 3.8) is 0 Å². The number of hydrogen-bond donors (Lipinski definition) is 2. The number of aromatic nitrogens is 2. The lowest BCUT2D eigenvalue weighted by molar-refractivity contribution is 0.548. The van der Waals surface area contributed by atoms with E-state index in [1.54, 1.807) is 6.20 Å². The first-order valence-corrected chi connectivity index (χ1v) is 6.63. The molecule has 1 atom stereocenters. The molecular formula is C14H22N4. The van der Waals surface area contributed by atoms with Crippen molar-refractivity contribution < 1.29 is 0 Å². The number of H-pyrrole nitrogens is 1. The summed E-state index contributed by atoms with van der Waals surface area (Å²) in [7, 11) is 0. The van der Waals surface area contributed by atoms with Gasteiger partial charge in [-0.05, 0) is 25.0 Å². The van der Waals surface area contributed by atoms with Crippen molar-refractivity contribution in [1.82, 2.24) is 10.2 Å². The largest absolute Gasteiger partial charge is 0.397 e. The third kappa shape index (κ3) is 2.42.